The van der Waals surface area contributed by atoms with Crippen molar-refractivity contribution in [2.24, 2.45) is 5.92 Å². The number of hydrogen-bond donors (Lipinski definition) is 0. The summed E-state index contributed by atoms with van der Waals surface area (Å²) in [5.74, 6) is 0.869. The van der Waals surface area contributed by atoms with Crippen LogP contribution < -0.4 is 0 Å². The lowest BCUT2D eigenvalue weighted by Crippen LogP contribution is -2.40. The van der Waals surface area contributed by atoms with Crippen LogP contribution in [0.2, 0.25) is 0 Å². The van der Waals surface area contributed by atoms with E-state index in [1.54, 1.807) is 0 Å². The first kappa shape index (κ1) is 16.8. The number of carbonyl (C=O) groups is 1. The Bertz CT molecular complexity index is 492. The minimum Gasteiger partial charge on any atom is -0.336 e. The van der Waals surface area contributed by atoms with Crippen molar-refractivity contribution in [3.05, 3.63) is 32.9 Å². The van der Waals surface area contributed by atoms with Crippen molar-refractivity contribution < 1.29 is 4.79 Å². The van der Waals surface area contributed by atoms with E-state index in [9.17, 15) is 4.79 Å². The lowest BCUT2D eigenvalue weighted by atomic mass is 10.1. The van der Waals surface area contributed by atoms with Gasteiger partial charge in [0.1, 0.15) is 0 Å². The summed E-state index contributed by atoms with van der Waals surface area (Å²) in [7, 11) is 0. The summed E-state index contributed by atoms with van der Waals surface area (Å²) in [6.45, 7) is 7.43. The molecule has 1 aliphatic rings. The predicted octanol–water partition coefficient (Wildman–Crippen LogP) is 5.03. The molecule has 0 aliphatic heterocycles. The summed E-state index contributed by atoms with van der Waals surface area (Å²) in [6.07, 6.45) is 5.96. The third-order valence-electron chi connectivity index (χ3n) is 4.40. The van der Waals surface area contributed by atoms with Gasteiger partial charge in [-0.05, 0) is 66.3 Å². The maximum atomic E-state index is 13.0. The molecule has 0 spiro atoms. The molecule has 1 fully saturated rings. The van der Waals surface area contributed by atoms with E-state index in [2.05, 4.69) is 54.3 Å². The number of rotatable bonds is 5. The number of benzene rings is 1. The Hall–Kier alpha value is -0.580. The van der Waals surface area contributed by atoms with Gasteiger partial charge < -0.3 is 4.90 Å². The van der Waals surface area contributed by atoms with Gasteiger partial charge in [0, 0.05) is 16.2 Å². The summed E-state index contributed by atoms with van der Waals surface area (Å²) < 4.78 is 1.10. The lowest BCUT2D eigenvalue weighted by molar-refractivity contribution is 0.0670. The zero-order valence-electron chi connectivity index (χ0n) is 13.4. The molecular weight excluding hydrogens is 373 g/mol. The Morgan fingerprint density at radius 3 is 2.62 bits per heavy atom. The zero-order valence-corrected chi connectivity index (χ0v) is 15.5. The Morgan fingerprint density at radius 2 is 2.00 bits per heavy atom. The lowest BCUT2D eigenvalue weighted by Gasteiger charge is -2.30. The molecular formula is C18H26INO. The normalized spacial score (nSPS) is 15.7. The summed E-state index contributed by atoms with van der Waals surface area (Å²) in [5.41, 5.74) is 2.07. The van der Waals surface area contributed by atoms with Crippen LogP contribution in [0.25, 0.3) is 0 Å². The highest BCUT2D eigenvalue weighted by Gasteiger charge is 2.28. The number of halogens is 1. The first-order valence-corrected chi connectivity index (χ1v) is 9.14. The van der Waals surface area contributed by atoms with Gasteiger partial charge in [-0.3, -0.25) is 4.79 Å². The fraction of sp³-hybridized carbons (Fsp3) is 0.611. The second-order valence-corrected chi connectivity index (χ2v) is 7.63. The van der Waals surface area contributed by atoms with Crippen LogP contribution in [0.1, 0.15) is 61.9 Å². The van der Waals surface area contributed by atoms with Gasteiger partial charge in [-0.15, -0.1) is 0 Å². The molecule has 2 rings (SSSR count). The molecule has 1 aliphatic carbocycles. The molecule has 0 N–H and O–H groups in total. The standard InChI is InChI=1S/C18H26INO/c1-13(2)11-12-20(15-8-4-5-9-15)18(21)16-10-6-7-14(3)17(16)19/h6-7,10,13,15H,4-5,8-9,11-12H2,1-3H3. The van der Waals surface area contributed by atoms with Gasteiger partial charge in [0.2, 0.25) is 0 Å². The van der Waals surface area contributed by atoms with E-state index in [4.69, 9.17) is 0 Å². The Labute approximate surface area is 142 Å². The number of aryl methyl sites for hydroxylation is 1. The zero-order chi connectivity index (χ0) is 15.4. The van der Waals surface area contributed by atoms with Crippen LogP contribution in [0, 0.1) is 16.4 Å². The van der Waals surface area contributed by atoms with Gasteiger partial charge >= 0.3 is 0 Å². The van der Waals surface area contributed by atoms with Crippen molar-refractivity contribution in [2.45, 2.75) is 58.9 Å². The topological polar surface area (TPSA) is 20.3 Å². The van der Waals surface area contributed by atoms with Crippen LogP contribution in [0.5, 0.6) is 0 Å². The predicted molar refractivity (Wildman–Crippen MR) is 96.6 cm³/mol. The van der Waals surface area contributed by atoms with E-state index in [0.29, 0.717) is 12.0 Å². The third-order valence-corrected chi connectivity index (χ3v) is 5.83. The first-order valence-electron chi connectivity index (χ1n) is 8.06. The fourth-order valence-corrected chi connectivity index (χ4v) is 3.62. The van der Waals surface area contributed by atoms with Gasteiger partial charge in [0.25, 0.3) is 5.91 Å². The van der Waals surface area contributed by atoms with E-state index in [0.717, 1.165) is 22.1 Å². The van der Waals surface area contributed by atoms with Crippen molar-refractivity contribution in [1.82, 2.24) is 4.90 Å². The Kier molecular flexibility index (Phi) is 6.08. The second-order valence-electron chi connectivity index (χ2n) is 6.56. The molecule has 1 aromatic carbocycles. The average Bonchev–Trinajstić information content (AvgIpc) is 2.95. The Morgan fingerprint density at radius 1 is 1.33 bits per heavy atom. The summed E-state index contributed by atoms with van der Waals surface area (Å²) in [4.78, 5) is 15.2. The van der Waals surface area contributed by atoms with E-state index < -0.39 is 0 Å². The van der Waals surface area contributed by atoms with Crippen LogP contribution in [0.15, 0.2) is 18.2 Å². The number of nitrogens with zero attached hydrogens (tertiary/aromatic N) is 1. The van der Waals surface area contributed by atoms with Crippen LogP contribution in [0.3, 0.4) is 0 Å². The van der Waals surface area contributed by atoms with Crippen molar-refractivity contribution >= 4 is 28.5 Å². The van der Waals surface area contributed by atoms with E-state index in [-0.39, 0.29) is 5.91 Å². The van der Waals surface area contributed by atoms with Crippen LogP contribution >= 0.6 is 22.6 Å². The molecule has 21 heavy (non-hydrogen) atoms. The maximum absolute atomic E-state index is 13.0. The molecule has 1 saturated carbocycles. The molecule has 0 radical (unpaired) electrons. The molecule has 0 saturated heterocycles. The molecule has 1 amide bonds. The van der Waals surface area contributed by atoms with E-state index in [1.807, 2.05) is 12.1 Å². The van der Waals surface area contributed by atoms with Crippen molar-refractivity contribution in [3.63, 3.8) is 0 Å². The van der Waals surface area contributed by atoms with Crippen LogP contribution in [-0.2, 0) is 0 Å². The summed E-state index contributed by atoms with van der Waals surface area (Å²) >= 11 is 2.31. The van der Waals surface area contributed by atoms with Gasteiger partial charge in [-0.25, -0.2) is 0 Å². The third kappa shape index (κ3) is 4.21. The highest BCUT2D eigenvalue weighted by atomic mass is 127. The van der Waals surface area contributed by atoms with Gasteiger partial charge in [-0.2, -0.15) is 0 Å². The fourth-order valence-electron chi connectivity index (χ4n) is 3.03. The molecule has 2 nitrogen and oxygen atoms in total. The largest absolute Gasteiger partial charge is 0.336 e. The molecule has 0 aromatic heterocycles. The first-order chi connectivity index (χ1) is 10.0. The van der Waals surface area contributed by atoms with Crippen LogP contribution in [-0.4, -0.2) is 23.4 Å². The maximum Gasteiger partial charge on any atom is 0.255 e. The Balaban J connectivity index is 2.22. The van der Waals surface area contributed by atoms with Crippen molar-refractivity contribution in [2.75, 3.05) is 6.54 Å². The van der Waals surface area contributed by atoms with E-state index >= 15 is 0 Å². The molecule has 0 heterocycles. The number of amides is 1. The van der Waals surface area contributed by atoms with Crippen molar-refractivity contribution in [1.29, 1.82) is 0 Å². The van der Waals surface area contributed by atoms with Gasteiger partial charge in [0.15, 0.2) is 0 Å². The molecule has 0 atom stereocenters. The number of hydrogen-bond acceptors (Lipinski definition) is 1. The monoisotopic (exact) mass is 399 g/mol. The minimum absolute atomic E-state index is 0.232. The summed E-state index contributed by atoms with van der Waals surface area (Å²) in [5, 5.41) is 0. The SMILES string of the molecule is Cc1cccc(C(=O)N(CCC(C)C)C2CCCC2)c1I. The highest BCUT2D eigenvalue weighted by molar-refractivity contribution is 14.1. The van der Waals surface area contributed by atoms with E-state index in [1.165, 1.54) is 31.2 Å². The molecule has 116 valence electrons. The molecule has 0 unspecified atom stereocenters. The molecule has 3 heteroatoms. The number of carbonyl (C=O) groups excluding carboxylic acids is 1. The quantitative estimate of drug-likeness (QED) is 0.636. The van der Waals surface area contributed by atoms with Gasteiger partial charge in [-0.1, -0.05) is 38.8 Å². The van der Waals surface area contributed by atoms with Gasteiger partial charge in [0.05, 0.1) is 5.56 Å². The highest BCUT2D eigenvalue weighted by Crippen LogP contribution is 2.27. The molecule has 1 aromatic rings. The summed E-state index contributed by atoms with van der Waals surface area (Å²) in [6, 6.07) is 6.51. The second kappa shape index (κ2) is 7.61. The van der Waals surface area contributed by atoms with Crippen molar-refractivity contribution in [3.8, 4) is 0 Å². The smallest absolute Gasteiger partial charge is 0.255 e. The average molecular weight is 399 g/mol. The minimum atomic E-state index is 0.232. The van der Waals surface area contributed by atoms with Crippen LogP contribution in [0.4, 0.5) is 0 Å². The molecule has 0 bridgehead atoms.